The molecule has 1 unspecified atom stereocenters. The van der Waals surface area contributed by atoms with Gasteiger partial charge in [0.2, 0.25) is 0 Å². The van der Waals surface area contributed by atoms with Crippen molar-refractivity contribution in [2.75, 3.05) is 7.11 Å². The molecule has 0 spiro atoms. The second kappa shape index (κ2) is 7.17. The van der Waals surface area contributed by atoms with E-state index in [2.05, 4.69) is 15.3 Å². The van der Waals surface area contributed by atoms with Crippen LogP contribution in [0.15, 0.2) is 48.8 Å². The van der Waals surface area contributed by atoms with Gasteiger partial charge in [-0.1, -0.05) is 18.2 Å². The maximum absolute atomic E-state index is 12.4. The van der Waals surface area contributed by atoms with Crippen molar-refractivity contribution in [1.29, 1.82) is 0 Å². The monoisotopic (exact) mass is 337 g/mol. The van der Waals surface area contributed by atoms with Crippen LogP contribution in [-0.4, -0.2) is 35.0 Å². The average Bonchev–Trinajstić information content (AvgIpc) is 3.04. The fraction of sp³-hybridized carbons (Fsp3) is 0.211. The summed E-state index contributed by atoms with van der Waals surface area (Å²) in [5.74, 6) is -0.846. The summed E-state index contributed by atoms with van der Waals surface area (Å²) < 4.78 is 4.85. The van der Waals surface area contributed by atoms with Crippen molar-refractivity contribution in [1.82, 2.24) is 15.3 Å². The third-order valence-electron chi connectivity index (χ3n) is 4.06. The van der Waals surface area contributed by atoms with Gasteiger partial charge in [-0.3, -0.25) is 9.78 Å². The van der Waals surface area contributed by atoms with Gasteiger partial charge in [0.1, 0.15) is 6.04 Å². The molecule has 2 N–H and O–H groups in total. The van der Waals surface area contributed by atoms with Crippen molar-refractivity contribution in [3.63, 3.8) is 0 Å². The van der Waals surface area contributed by atoms with Gasteiger partial charge < -0.3 is 15.0 Å². The molecular weight excluding hydrogens is 318 g/mol. The quantitative estimate of drug-likeness (QED) is 0.700. The Kier molecular flexibility index (Phi) is 4.79. The number of carbonyl (C=O) groups excluding carboxylic acids is 2. The number of H-pyrrole nitrogens is 1. The molecule has 0 aliphatic rings. The Morgan fingerprint density at radius 1 is 1.24 bits per heavy atom. The highest BCUT2D eigenvalue weighted by Gasteiger charge is 2.24. The Bertz CT molecular complexity index is 900. The van der Waals surface area contributed by atoms with E-state index < -0.39 is 12.0 Å². The van der Waals surface area contributed by atoms with E-state index in [-0.39, 0.29) is 5.91 Å². The van der Waals surface area contributed by atoms with Crippen molar-refractivity contribution in [3.05, 3.63) is 65.6 Å². The topological polar surface area (TPSA) is 84.1 Å². The van der Waals surface area contributed by atoms with Gasteiger partial charge in [0.25, 0.3) is 5.91 Å². The highest BCUT2D eigenvalue weighted by atomic mass is 16.5. The van der Waals surface area contributed by atoms with Crippen LogP contribution in [0.4, 0.5) is 0 Å². The molecule has 0 fully saturated rings. The molecule has 2 heterocycles. The second-order valence-electron chi connectivity index (χ2n) is 5.80. The van der Waals surface area contributed by atoms with E-state index in [9.17, 15) is 9.59 Å². The Morgan fingerprint density at radius 2 is 2.04 bits per heavy atom. The molecule has 25 heavy (non-hydrogen) atoms. The summed E-state index contributed by atoms with van der Waals surface area (Å²) in [6, 6.07) is 10.5. The number of hydrogen-bond donors (Lipinski definition) is 2. The standard InChI is InChI=1S/C19H19N3O3/c1-12-7-8-13(10-20-12)18(23)22-17(19(24)25-2)9-14-11-21-16-6-4-3-5-15(14)16/h3-8,10-11,17,21H,9H2,1-2H3,(H,22,23). The van der Waals surface area contributed by atoms with Crippen molar-refractivity contribution in [2.24, 2.45) is 0 Å². The van der Waals surface area contributed by atoms with Gasteiger partial charge in [0, 0.05) is 35.4 Å². The molecule has 0 aliphatic heterocycles. The number of benzene rings is 1. The van der Waals surface area contributed by atoms with Gasteiger partial charge in [-0.25, -0.2) is 4.79 Å². The minimum Gasteiger partial charge on any atom is -0.467 e. The van der Waals surface area contributed by atoms with Gasteiger partial charge >= 0.3 is 5.97 Å². The first-order chi connectivity index (χ1) is 12.1. The number of esters is 1. The van der Waals surface area contributed by atoms with Crippen LogP contribution in [0.1, 0.15) is 21.6 Å². The van der Waals surface area contributed by atoms with Crippen LogP contribution in [0.25, 0.3) is 10.9 Å². The molecule has 0 bridgehead atoms. The van der Waals surface area contributed by atoms with E-state index in [0.717, 1.165) is 22.2 Å². The Balaban J connectivity index is 1.81. The van der Waals surface area contributed by atoms with E-state index in [1.807, 2.05) is 37.4 Å². The number of aryl methyl sites for hydroxylation is 1. The van der Waals surface area contributed by atoms with Crippen molar-refractivity contribution >= 4 is 22.8 Å². The first kappa shape index (κ1) is 16.7. The van der Waals surface area contributed by atoms with Crippen LogP contribution in [0.5, 0.6) is 0 Å². The fourth-order valence-electron chi connectivity index (χ4n) is 2.70. The van der Waals surface area contributed by atoms with Gasteiger partial charge in [0.05, 0.1) is 12.7 Å². The van der Waals surface area contributed by atoms with Crippen LogP contribution in [0.2, 0.25) is 0 Å². The third-order valence-corrected chi connectivity index (χ3v) is 4.06. The lowest BCUT2D eigenvalue weighted by molar-refractivity contribution is -0.142. The molecule has 0 saturated heterocycles. The number of nitrogens with one attached hydrogen (secondary N) is 2. The average molecular weight is 337 g/mol. The highest BCUT2D eigenvalue weighted by Crippen LogP contribution is 2.19. The van der Waals surface area contributed by atoms with Crippen LogP contribution >= 0.6 is 0 Å². The number of ether oxygens (including phenoxy) is 1. The van der Waals surface area contributed by atoms with E-state index in [4.69, 9.17) is 4.74 Å². The minimum absolute atomic E-state index is 0.335. The van der Waals surface area contributed by atoms with Gasteiger partial charge in [-0.05, 0) is 30.7 Å². The molecule has 1 aromatic carbocycles. The third kappa shape index (κ3) is 3.68. The second-order valence-corrected chi connectivity index (χ2v) is 5.80. The molecule has 0 saturated carbocycles. The normalized spacial score (nSPS) is 11.9. The first-order valence-corrected chi connectivity index (χ1v) is 7.95. The van der Waals surface area contributed by atoms with Crippen LogP contribution in [-0.2, 0) is 16.0 Å². The summed E-state index contributed by atoms with van der Waals surface area (Å²) in [5.41, 5.74) is 3.14. The number of pyridine rings is 1. The molecular formula is C19H19N3O3. The molecule has 2 aromatic heterocycles. The molecule has 128 valence electrons. The molecule has 3 aromatic rings. The number of hydrogen-bond acceptors (Lipinski definition) is 4. The van der Waals surface area contributed by atoms with Gasteiger partial charge in [-0.15, -0.1) is 0 Å². The number of para-hydroxylation sites is 1. The lowest BCUT2D eigenvalue weighted by atomic mass is 10.0. The van der Waals surface area contributed by atoms with Crippen molar-refractivity contribution in [3.8, 4) is 0 Å². The number of nitrogens with zero attached hydrogens (tertiary/aromatic N) is 1. The molecule has 0 aliphatic carbocycles. The molecule has 3 rings (SSSR count). The lowest BCUT2D eigenvalue weighted by Gasteiger charge is -2.16. The zero-order chi connectivity index (χ0) is 17.8. The summed E-state index contributed by atoms with van der Waals surface area (Å²) in [6.07, 6.45) is 3.67. The molecule has 0 radical (unpaired) electrons. The van der Waals surface area contributed by atoms with E-state index in [0.29, 0.717) is 12.0 Å². The molecule has 1 atom stereocenters. The number of aromatic amines is 1. The maximum Gasteiger partial charge on any atom is 0.328 e. The van der Waals surface area contributed by atoms with E-state index in [1.54, 1.807) is 12.1 Å². The number of fused-ring (bicyclic) bond motifs is 1. The van der Waals surface area contributed by atoms with E-state index in [1.165, 1.54) is 13.3 Å². The van der Waals surface area contributed by atoms with Crippen LogP contribution in [0.3, 0.4) is 0 Å². The fourth-order valence-corrected chi connectivity index (χ4v) is 2.70. The predicted octanol–water partition coefficient (Wildman–Crippen LogP) is 2.39. The molecule has 1 amide bonds. The molecule has 6 nitrogen and oxygen atoms in total. The summed E-state index contributed by atoms with van der Waals surface area (Å²) in [6.45, 7) is 1.84. The van der Waals surface area contributed by atoms with Crippen LogP contribution < -0.4 is 5.32 Å². The number of carbonyl (C=O) groups is 2. The Labute approximate surface area is 145 Å². The summed E-state index contributed by atoms with van der Waals surface area (Å²) in [4.78, 5) is 31.8. The number of rotatable bonds is 5. The summed E-state index contributed by atoms with van der Waals surface area (Å²) >= 11 is 0. The first-order valence-electron chi connectivity index (χ1n) is 7.95. The lowest BCUT2D eigenvalue weighted by Crippen LogP contribution is -2.43. The zero-order valence-corrected chi connectivity index (χ0v) is 14.1. The van der Waals surface area contributed by atoms with E-state index >= 15 is 0 Å². The highest BCUT2D eigenvalue weighted by molar-refractivity contribution is 5.96. The van der Waals surface area contributed by atoms with Gasteiger partial charge in [-0.2, -0.15) is 0 Å². The minimum atomic E-state index is -0.780. The number of amides is 1. The van der Waals surface area contributed by atoms with Crippen molar-refractivity contribution in [2.45, 2.75) is 19.4 Å². The van der Waals surface area contributed by atoms with Crippen molar-refractivity contribution < 1.29 is 14.3 Å². The summed E-state index contributed by atoms with van der Waals surface area (Å²) in [7, 11) is 1.31. The van der Waals surface area contributed by atoms with Crippen LogP contribution in [0, 0.1) is 6.92 Å². The Hall–Kier alpha value is -3.15. The largest absolute Gasteiger partial charge is 0.467 e. The Morgan fingerprint density at radius 3 is 2.76 bits per heavy atom. The maximum atomic E-state index is 12.4. The molecule has 6 heteroatoms. The SMILES string of the molecule is COC(=O)C(Cc1c[nH]c2ccccc12)NC(=O)c1ccc(C)nc1. The number of aromatic nitrogens is 2. The summed E-state index contributed by atoms with van der Waals surface area (Å²) in [5, 5.41) is 3.76. The van der Waals surface area contributed by atoms with Gasteiger partial charge in [0.15, 0.2) is 0 Å². The predicted molar refractivity (Wildman–Crippen MR) is 94.2 cm³/mol. The zero-order valence-electron chi connectivity index (χ0n) is 14.1. The smallest absolute Gasteiger partial charge is 0.328 e. The number of methoxy groups -OCH3 is 1.